The van der Waals surface area contributed by atoms with Crippen molar-refractivity contribution in [3.8, 4) is 0 Å². The van der Waals surface area contributed by atoms with Crippen LogP contribution < -0.4 is 5.32 Å². The van der Waals surface area contributed by atoms with E-state index in [0.29, 0.717) is 41.5 Å². The van der Waals surface area contributed by atoms with Crippen LogP contribution in [0.15, 0.2) is 18.2 Å². The van der Waals surface area contributed by atoms with Crippen molar-refractivity contribution in [1.29, 1.82) is 0 Å². The molecule has 4 rings (SSSR count). The Morgan fingerprint density at radius 2 is 2.07 bits per heavy atom. The first kappa shape index (κ1) is 19.5. The number of fused-ring (bicyclic) bond motifs is 1. The number of alkyl halides is 3. The van der Waals surface area contributed by atoms with Gasteiger partial charge in [0.2, 0.25) is 0 Å². The van der Waals surface area contributed by atoms with E-state index in [4.69, 9.17) is 11.6 Å². The summed E-state index contributed by atoms with van der Waals surface area (Å²) in [5.41, 5.74) is 3.79. The highest BCUT2D eigenvalue weighted by atomic mass is 35.5. The standard InChI is InChI=1S/C20H21ClF3N3O/c1-11-14-8-7-13(25-10-20(22,23)24)9-17(14)27(26-11)19(28)18-15(12-5-6-12)3-2-4-16(18)21/h2-4,12-13,25H,5-10H2,1H3. The fraction of sp³-hybridized carbons (Fsp3) is 0.500. The molecule has 1 aromatic heterocycles. The Morgan fingerprint density at radius 3 is 2.75 bits per heavy atom. The van der Waals surface area contributed by atoms with Gasteiger partial charge in [-0.1, -0.05) is 23.7 Å². The average molecular weight is 412 g/mol. The van der Waals surface area contributed by atoms with Crippen molar-refractivity contribution in [2.24, 2.45) is 0 Å². The Morgan fingerprint density at radius 1 is 1.32 bits per heavy atom. The molecular formula is C20H21ClF3N3O. The molecule has 1 aromatic carbocycles. The number of hydrogen-bond donors (Lipinski definition) is 1. The van der Waals surface area contributed by atoms with Gasteiger partial charge in [0.15, 0.2) is 0 Å². The van der Waals surface area contributed by atoms with Crippen LogP contribution in [0.5, 0.6) is 0 Å². The summed E-state index contributed by atoms with van der Waals surface area (Å²) in [6, 6.07) is 5.11. The number of halogens is 4. The Kier molecular flexibility index (Phi) is 5.00. The fourth-order valence-corrected chi connectivity index (χ4v) is 4.27. The number of nitrogens with one attached hydrogen (secondary N) is 1. The zero-order chi connectivity index (χ0) is 20.1. The minimum Gasteiger partial charge on any atom is -0.306 e. The summed E-state index contributed by atoms with van der Waals surface area (Å²) in [5, 5.41) is 7.39. The lowest BCUT2D eigenvalue weighted by molar-refractivity contribution is -0.126. The smallest absolute Gasteiger partial charge is 0.306 e. The van der Waals surface area contributed by atoms with E-state index in [9.17, 15) is 18.0 Å². The van der Waals surface area contributed by atoms with Crippen LogP contribution in [0.2, 0.25) is 5.02 Å². The average Bonchev–Trinajstić information content (AvgIpc) is 3.43. The Bertz CT molecular complexity index is 918. The lowest BCUT2D eigenvalue weighted by Crippen LogP contribution is -2.41. The van der Waals surface area contributed by atoms with E-state index in [-0.39, 0.29) is 11.9 Å². The van der Waals surface area contributed by atoms with Crippen LogP contribution >= 0.6 is 11.6 Å². The van der Waals surface area contributed by atoms with E-state index >= 15 is 0 Å². The molecule has 4 nitrogen and oxygen atoms in total. The highest BCUT2D eigenvalue weighted by Crippen LogP contribution is 2.43. The second-order valence-electron chi connectivity index (χ2n) is 7.64. The van der Waals surface area contributed by atoms with E-state index in [1.165, 1.54) is 4.68 Å². The first-order valence-corrected chi connectivity index (χ1v) is 9.83. The Labute approximate surface area is 166 Å². The minimum absolute atomic E-state index is 0.298. The quantitative estimate of drug-likeness (QED) is 0.810. The summed E-state index contributed by atoms with van der Waals surface area (Å²) < 4.78 is 39.0. The van der Waals surface area contributed by atoms with Crippen LogP contribution in [0.25, 0.3) is 0 Å². The van der Waals surface area contributed by atoms with Gasteiger partial charge in [-0.15, -0.1) is 0 Å². The van der Waals surface area contributed by atoms with E-state index in [2.05, 4.69) is 10.4 Å². The van der Waals surface area contributed by atoms with Gasteiger partial charge >= 0.3 is 6.18 Å². The number of aryl methyl sites for hydroxylation is 1. The molecule has 0 saturated heterocycles. The van der Waals surface area contributed by atoms with Gasteiger partial charge in [-0.05, 0) is 55.7 Å². The van der Waals surface area contributed by atoms with Gasteiger partial charge in [-0.25, -0.2) is 4.68 Å². The number of carbonyl (C=O) groups is 1. The zero-order valence-electron chi connectivity index (χ0n) is 15.4. The predicted molar refractivity (Wildman–Crippen MR) is 100.0 cm³/mol. The zero-order valence-corrected chi connectivity index (χ0v) is 16.2. The van der Waals surface area contributed by atoms with Gasteiger partial charge in [0, 0.05) is 12.5 Å². The Hall–Kier alpha value is -1.86. The first-order valence-electron chi connectivity index (χ1n) is 9.45. The molecule has 1 N–H and O–H groups in total. The third kappa shape index (κ3) is 3.82. The molecule has 28 heavy (non-hydrogen) atoms. The summed E-state index contributed by atoms with van der Waals surface area (Å²) in [5.74, 6) is 0.0413. The maximum atomic E-state index is 13.3. The topological polar surface area (TPSA) is 46.9 Å². The third-order valence-corrected chi connectivity index (χ3v) is 5.85. The predicted octanol–water partition coefficient (Wildman–Crippen LogP) is 4.42. The van der Waals surface area contributed by atoms with Crippen molar-refractivity contribution in [2.45, 2.75) is 57.2 Å². The van der Waals surface area contributed by atoms with Crippen molar-refractivity contribution >= 4 is 17.5 Å². The molecular weight excluding hydrogens is 391 g/mol. The van der Waals surface area contributed by atoms with E-state index in [1.807, 2.05) is 19.1 Å². The number of carbonyl (C=O) groups excluding carboxylic acids is 1. The molecule has 0 radical (unpaired) electrons. The summed E-state index contributed by atoms with van der Waals surface area (Å²) in [6.45, 7) is 0.797. The molecule has 8 heteroatoms. The summed E-state index contributed by atoms with van der Waals surface area (Å²) >= 11 is 6.37. The third-order valence-electron chi connectivity index (χ3n) is 5.53. The second-order valence-corrected chi connectivity index (χ2v) is 8.05. The number of benzene rings is 1. The van der Waals surface area contributed by atoms with E-state index in [1.54, 1.807) is 6.07 Å². The number of rotatable bonds is 4. The van der Waals surface area contributed by atoms with Crippen LogP contribution in [0, 0.1) is 6.92 Å². The summed E-state index contributed by atoms with van der Waals surface area (Å²) in [4.78, 5) is 13.3. The van der Waals surface area contributed by atoms with Crippen molar-refractivity contribution in [3.05, 3.63) is 51.3 Å². The molecule has 1 heterocycles. The fourth-order valence-electron chi connectivity index (χ4n) is 4.01. The van der Waals surface area contributed by atoms with Gasteiger partial charge in [0.25, 0.3) is 5.91 Å². The molecule has 2 aromatic rings. The normalized spacial score (nSPS) is 19.5. The Balaban J connectivity index is 1.65. The van der Waals surface area contributed by atoms with Crippen LogP contribution in [0.3, 0.4) is 0 Å². The van der Waals surface area contributed by atoms with Crippen LogP contribution in [0.1, 0.15) is 58.1 Å². The van der Waals surface area contributed by atoms with Crippen molar-refractivity contribution in [2.75, 3.05) is 6.54 Å². The monoisotopic (exact) mass is 411 g/mol. The van der Waals surface area contributed by atoms with Gasteiger partial charge in [-0.2, -0.15) is 18.3 Å². The van der Waals surface area contributed by atoms with E-state index in [0.717, 1.165) is 29.7 Å². The van der Waals surface area contributed by atoms with Gasteiger partial charge < -0.3 is 5.32 Å². The lowest BCUT2D eigenvalue weighted by Gasteiger charge is -2.25. The minimum atomic E-state index is -4.26. The SMILES string of the molecule is Cc1nn(C(=O)c2c(Cl)cccc2C2CC2)c2c1CCC(NCC(F)(F)F)C2. The van der Waals surface area contributed by atoms with Crippen LogP contribution in [-0.4, -0.2) is 34.5 Å². The van der Waals surface area contributed by atoms with E-state index < -0.39 is 12.7 Å². The summed E-state index contributed by atoms with van der Waals surface area (Å²) in [7, 11) is 0. The van der Waals surface area contributed by atoms with Gasteiger partial charge in [-0.3, -0.25) is 4.79 Å². The maximum Gasteiger partial charge on any atom is 0.401 e. The molecule has 0 amide bonds. The molecule has 1 atom stereocenters. The van der Waals surface area contributed by atoms with Gasteiger partial charge in [0.05, 0.1) is 28.5 Å². The van der Waals surface area contributed by atoms with Crippen molar-refractivity contribution < 1.29 is 18.0 Å². The molecule has 2 aliphatic carbocycles. The molecule has 1 fully saturated rings. The first-order chi connectivity index (χ1) is 13.2. The van der Waals surface area contributed by atoms with Crippen molar-refractivity contribution in [3.63, 3.8) is 0 Å². The molecule has 1 unspecified atom stereocenters. The number of aromatic nitrogens is 2. The largest absolute Gasteiger partial charge is 0.401 e. The second kappa shape index (κ2) is 7.19. The van der Waals surface area contributed by atoms with Crippen molar-refractivity contribution in [1.82, 2.24) is 15.1 Å². The highest BCUT2D eigenvalue weighted by molar-refractivity contribution is 6.34. The maximum absolute atomic E-state index is 13.3. The summed E-state index contributed by atoms with van der Waals surface area (Å²) in [6.07, 6.45) is -0.685. The number of hydrogen-bond acceptors (Lipinski definition) is 3. The molecule has 0 bridgehead atoms. The highest BCUT2D eigenvalue weighted by Gasteiger charge is 2.34. The molecule has 150 valence electrons. The van der Waals surface area contributed by atoms with Crippen LogP contribution in [0.4, 0.5) is 13.2 Å². The lowest BCUT2D eigenvalue weighted by atomic mass is 9.91. The molecule has 2 aliphatic rings. The number of nitrogens with zero attached hydrogens (tertiary/aromatic N) is 2. The van der Waals surface area contributed by atoms with Gasteiger partial charge in [0.1, 0.15) is 0 Å². The molecule has 0 aliphatic heterocycles. The molecule has 0 spiro atoms. The molecule has 1 saturated carbocycles. The van der Waals surface area contributed by atoms with Crippen LogP contribution in [-0.2, 0) is 12.8 Å².